The van der Waals surface area contributed by atoms with Crippen LogP contribution in [-0.2, 0) is 0 Å². The van der Waals surface area contributed by atoms with Crippen LogP contribution >= 0.6 is 11.8 Å². The predicted octanol–water partition coefficient (Wildman–Crippen LogP) is 3.62. The molecule has 0 fully saturated rings. The van der Waals surface area contributed by atoms with Crippen LogP contribution in [0.15, 0.2) is 0 Å². The van der Waals surface area contributed by atoms with Crippen molar-refractivity contribution in [1.29, 1.82) is 0 Å². The van der Waals surface area contributed by atoms with E-state index in [0.29, 0.717) is 0 Å². The number of hydrogen-bond donors (Lipinski definition) is 0. The summed E-state index contributed by atoms with van der Waals surface area (Å²) in [5, 5.41) is -3.99. The fourth-order valence-electron chi connectivity index (χ4n) is 0.612. The molecule has 0 unspecified atom stereocenters. The van der Waals surface area contributed by atoms with E-state index in [1.807, 2.05) is 0 Å². The van der Waals surface area contributed by atoms with Gasteiger partial charge in [-0.15, -0.1) is 11.8 Å². The van der Waals surface area contributed by atoms with Crippen LogP contribution in [0.1, 0.15) is 13.8 Å². The Labute approximate surface area is 75.7 Å². The zero-order chi connectivity index (χ0) is 10.9. The second kappa shape index (κ2) is 3.98. The summed E-state index contributed by atoms with van der Waals surface area (Å²) in [4.78, 5) is 0. The van der Waals surface area contributed by atoms with Crippen molar-refractivity contribution in [2.45, 2.75) is 36.7 Å². The lowest BCUT2D eigenvalue weighted by atomic mass is 10.4. The first kappa shape index (κ1) is 12.9. The van der Waals surface area contributed by atoms with Gasteiger partial charge in [0.15, 0.2) is 5.25 Å². The van der Waals surface area contributed by atoms with Gasteiger partial charge in [-0.25, -0.2) is 0 Å². The van der Waals surface area contributed by atoms with Gasteiger partial charge in [0.1, 0.15) is 0 Å². The predicted molar refractivity (Wildman–Crippen MR) is 38.6 cm³/mol. The molecule has 0 nitrogen and oxygen atoms in total. The van der Waals surface area contributed by atoms with Crippen molar-refractivity contribution in [1.82, 2.24) is 0 Å². The fraction of sp³-hybridized carbons (Fsp3) is 1.00. The first-order chi connectivity index (χ1) is 5.55. The smallest absolute Gasteiger partial charge is 0.169 e. The van der Waals surface area contributed by atoms with Gasteiger partial charge < -0.3 is 0 Å². The van der Waals surface area contributed by atoms with E-state index in [4.69, 9.17) is 0 Å². The average molecular weight is 226 g/mol. The second-order valence-electron chi connectivity index (χ2n) is 2.65. The molecule has 0 aliphatic rings. The molecular formula is C6H8F6S. The van der Waals surface area contributed by atoms with E-state index in [0.717, 1.165) is 0 Å². The van der Waals surface area contributed by atoms with Gasteiger partial charge in [0.25, 0.3) is 0 Å². The third-order valence-corrected chi connectivity index (χ3v) is 2.35. The lowest BCUT2D eigenvalue weighted by Crippen LogP contribution is -2.40. The van der Waals surface area contributed by atoms with Gasteiger partial charge in [-0.05, 0) is 5.25 Å². The SMILES string of the molecule is CC(C)SC(C(F)(F)F)C(F)(F)F. The molecule has 0 aliphatic heterocycles. The minimum atomic E-state index is -5.23. The monoisotopic (exact) mass is 226 g/mol. The summed E-state index contributed by atoms with van der Waals surface area (Å²) in [5.41, 5.74) is 0. The minimum absolute atomic E-state index is 0.137. The van der Waals surface area contributed by atoms with Crippen LogP contribution in [0.2, 0.25) is 0 Å². The standard InChI is InChI=1S/C6H8F6S/c1-3(2)13-4(5(7,8)9)6(10,11)12/h3-4H,1-2H3. The van der Waals surface area contributed by atoms with E-state index in [1.54, 1.807) is 0 Å². The zero-order valence-corrected chi connectivity index (χ0v) is 7.65. The topological polar surface area (TPSA) is 0 Å². The van der Waals surface area contributed by atoms with Gasteiger partial charge in [-0.3, -0.25) is 0 Å². The van der Waals surface area contributed by atoms with Crippen molar-refractivity contribution >= 4 is 11.8 Å². The Balaban J connectivity index is 4.58. The van der Waals surface area contributed by atoms with Gasteiger partial charge in [-0.1, -0.05) is 13.8 Å². The van der Waals surface area contributed by atoms with Crippen LogP contribution in [0.4, 0.5) is 26.3 Å². The van der Waals surface area contributed by atoms with E-state index in [1.165, 1.54) is 13.8 Å². The molecule has 0 aliphatic carbocycles. The third kappa shape index (κ3) is 4.64. The number of hydrogen-bond acceptors (Lipinski definition) is 1. The van der Waals surface area contributed by atoms with Crippen molar-refractivity contribution in [3.8, 4) is 0 Å². The highest BCUT2D eigenvalue weighted by Crippen LogP contribution is 2.42. The molecule has 0 amide bonds. The number of alkyl halides is 6. The van der Waals surface area contributed by atoms with Gasteiger partial charge in [-0.2, -0.15) is 26.3 Å². The molecule has 0 bridgehead atoms. The van der Waals surface area contributed by atoms with Crippen LogP contribution in [0.25, 0.3) is 0 Å². The molecule has 0 saturated heterocycles. The summed E-state index contributed by atoms with van der Waals surface area (Å²) in [6.07, 6.45) is -10.5. The molecule has 0 atom stereocenters. The zero-order valence-electron chi connectivity index (χ0n) is 6.83. The molecule has 0 radical (unpaired) electrons. The third-order valence-electron chi connectivity index (χ3n) is 1.00. The number of rotatable bonds is 2. The summed E-state index contributed by atoms with van der Waals surface area (Å²) in [5.74, 6) is 0. The largest absolute Gasteiger partial charge is 0.409 e. The maximum atomic E-state index is 11.8. The summed E-state index contributed by atoms with van der Waals surface area (Å²) in [6.45, 7) is 2.57. The van der Waals surface area contributed by atoms with Crippen molar-refractivity contribution in [2.24, 2.45) is 0 Å². The molecule has 0 saturated carbocycles. The Bertz CT molecular complexity index is 143. The molecule has 13 heavy (non-hydrogen) atoms. The van der Waals surface area contributed by atoms with Crippen LogP contribution in [0, 0.1) is 0 Å². The quantitative estimate of drug-likeness (QED) is 0.648. The Kier molecular flexibility index (Phi) is 3.96. The van der Waals surface area contributed by atoms with E-state index in [-0.39, 0.29) is 11.8 Å². The fourth-order valence-corrected chi connectivity index (χ4v) is 1.46. The Morgan fingerprint density at radius 2 is 1.15 bits per heavy atom. The second-order valence-corrected chi connectivity index (χ2v) is 4.33. The lowest BCUT2D eigenvalue weighted by molar-refractivity contribution is -0.224. The first-order valence-electron chi connectivity index (χ1n) is 3.34. The Hall–Kier alpha value is -0.0700. The van der Waals surface area contributed by atoms with Gasteiger partial charge in [0.2, 0.25) is 0 Å². The Morgan fingerprint density at radius 1 is 0.846 bits per heavy atom. The van der Waals surface area contributed by atoms with E-state index in [9.17, 15) is 26.3 Å². The minimum Gasteiger partial charge on any atom is -0.169 e. The first-order valence-corrected chi connectivity index (χ1v) is 4.28. The molecule has 0 heterocycles. The van der Waals surface area contributed by atoms with Crippen molar-refractivity contribution in [3.05, 3.63) is 0 Å². The molecule has 0 rings (SSSR count). The molecule has 0 N–H and O–H groups in total. The maximum Gasteiger partial charge on any atom is 0.409 e. The van der Waals surface area contributed by atoms with Gasteiger partial charge in [0.05, 0.1) is 0 Å². The van der Waals surface area contributed by atoms with E-state index < -0.39 is 22.9 Å². The van der Waals surface area contributed by atoms with Gasteiger partial charge >= 0.3 is 12.4 Å². The molecule has 7 heteroatoms. The molecule has 0 spiro atoms. The summed E-state index contributed by atoms with van der Waals surface area (Å²) >= 11 is -0.137. The molecule has 0 aromatic rings. The summed E-state index contributed by atoms with van der Waals surface area (Å²) in [7, 11) is 0. The molecular weight excluding hydrogens is 218 g/mol. The van der Waals surface area contributed by atoms with Gasteiger partial charge in [0, 0.05) is 0 Å². The van der Waals surface area contributed by atoms with E-state index >= 15 is 0 Å². The lowest BCUT2D eigenvalue weighted by Gasteiger charge is -2.23. The highest BCUT2D eigenvalue weighted by atomic mass is 32.2. The summed E-state index contributed by atoms with van der Waals surface area (Å²) in [6, 6.07) is 0. The molecule has 0 aromatic carbocycles. The highest BCUT2D eigenvalue weighted by Gasteiger charge is 2.57. The van der Waals surface area contributed by atoms with Crippen LogP contribution < -0.4 is 0 Å². The van der Waals surface area contributed by atoms with Crippen molar-refractivity contribution in [3.63, 3.8) is 0 Å². The van der Waals surface area contributed by atoms with Crippen molar-refractivity contribution in [2.75, 3.05) is 0 Å². The normalized spacial score (nSPS) is 14.3. The maximum absolute atomic E-state index is 11.8. The number of thioether (sulfide) groups is 1. The summed E-state index contributed by atoms with van der Waals surface area (Å²) < 4.78 is 71.0. The highest BCUT2D eigenvalue weighted by molar-refractivity contribution is 8.00. The van der Waals surface area contributed by atoms with Crippen molar-refractivity contribution < 1.29 is 26.3 Å². The van der Waals surface area contributed by atoms with Crippen LogP contribution in [0.3, 0.4) is 0 Å². The molecule has 0 aromatic heterocycles. The van der Waals surface area contributed by atoms with E-state index in [2.05, 4.69) is 0 Å². The average Bonchev–Trinajstić information content (AvgIpc) is 1.77. The molecule has 80 valence electrons. The Morgan fingerprint density at radius 3 is 1.23 bits per heavy atom. The van der Waals surface area contributed by atoms with Crippen LogP contribution in [0.5, 0.6) is 0 Å². The number of halogens is 6. The van der Waals surface area contributed by atoms with Crippen LogP contribution in [-0.4, -0.2) is 22.9 Å².